The number of carbonyl (C=O) groups excluding carboxylic acids is 1. The van der Waals surface area contributed by atoms with Gasteiger partial charge in [-0.05, 0) is 20.8 Å². The van der Waals surface area contributed by atoms with Gasteiger partial charge in [-0.1, -0.05) is 5.57 Å². The maximum atomic E-state index is 11.2. The Morgan fingerprint density at radius 2 is 2.00 bits per heavy atom. The molecule has 0 aliphatic rings. The van der Waals surface area contributed by atoms with Crippen LogP contribution < -0.4 is 5.73 Å². The average molecular weight is 157 g/mol. The van der Waals surface area contributed by atoms with Gasteiger partial charge in [0.25, 0.3) is 0 Å². The molecule has 0 fully saturated rings. The lowest BCUT2D eigenvalue weighted by atomic mass is 10.0. The lowest BCUT2D eigenvalue weighted by molar-refractivity contribution is -0.116. The van der Waals surface area contributed by atoms with Gasteiger partial charge in [-0.25, -0.2) is 0 Å². The minimum absolute atomic E-state index is 0.174. The van der Waals surface area contributed by atoms with Crippen LogP contribution >= 0.6 is 0 Å². The number of Topliss-reactive ketones (excluding diaryl/α,β-unsaturated/α-hetero) is 1. The first-order chi connectivity index (χ1) is 5.00. The molecule has 0 aromatic carbocycles. The maximum absolute atomic E-state index is 11.2. The van der Waals surface area contributed by atoms with Crippen LogP contribution in [-0.4, -0.2) is 23.5 Å². The van der Waals surface area contributed by atoms with E-state index >= 15 is 0 Å². The molecular weight excluding hydrogens is 142 g/mol. The molecule has 0 bridgehead atoms. The van der Waals surface area contributed by atoms with Crippen LogP contribution in [0.4, 0.5) is 0 Å². The standard InChI is InChI=1S/C8H15NO2/c1-5(2)7(4-10)8(11)6(3)9/h6,10H,4,9H2,1-3H3. The van der Waals surface area contributed by atoms with Crippen molar-refractivity contribution in [1.29, 1.82) is 0 Å². The van der Waals surface area contributed by atoms with Gasteiger partial charge in [0.15, 0.2) is 5.78 Å². The first-order valence-electron chi connectivity index (χ1n) is 3.57. The van der Waals surface area contributed by atoms with E-state index in [0.717, 1.165) is 5.57 Å². The molecule has 0 saturated heterocycles. The molecule has 0 spiro atoms. The molecule has 3 N–H and O–H groups in total. The van der Waals surface area contributed by atoms with E-state index in [2.05, 4.69) is 0 Å². The molecule has 0 radical (unpaired) electrons. The zero-order valence-corrected chi connectivity index (χ0v) is 7.22. The van der Waals surface area contributed by atoms with Gasteiger partial charge in [0.05, 0.1) is 12.6 Å². The predicted octanol–water partition coefficient (Wildman–Crippen LogP) is 0.231. The number of hydrogen-bond donors (Lipinski definition) is 2. The van der Waals surface area contributed by atoms with Crippen molar-refractivity contribution in [2.75, 3.05) is 6.61 Å². The number of nitrogens with two attached hydrogens (primary N) is 1. The van der Waals surface area contributed by atoms with Gasteiger partial charge >= 0.3 is 0 Å². The van der Waals surface area contributed by atoms with Crippen LogP contribution in [0, 0.1) is 0 Å². The zero-order chi connectivity index (χ0) is 9.02. The topological polar surface area (TPSA) is 63.3 Å². The summed E-state index contributed by atoms with van der Waals surface area (Å²) >= 11 is 0. The van der Waals surface area contributed by atoms with Crippen LogP contribution in [0.3, 0.4) is 0 Å². The molecule has 0 rings (SSSR count). The normalized spacial score (nSPS) is 12.5. The molecule has 64 valence electrons. The number of carbonyl (C=O) groups is 1. The van der Waals surface area contributed by atoms with Crippen molar-refractivity contribution >= 4 is 5.78 Å². The Morgan fingerprint density at radius 3 is 2.09 bits per heavy atom. The van der Waals surface area contributed by atoms with E-state index in [1.165, 1.54) is 0 Å². The maximum Gasteiger partial charge on any atom is 0.177 e. The Labute approximate surface area is 66.9 Å². The van der Waals surface area contributed by atoms with Gasteiger partial charge in [0, 0.05) is 5.57 Å². The molecule has 0 aromatic heterocycles. The fourth-order valence-corrected chi connectivity index (χ4v) is 0.757. The Kier molecular flexibility index (Phi) is 4.00. The molecule has 1 atom stereocenters. The summed E-state index contributed by atoms with van der Waals surface area (Å²) in [6.45, 7) is 4.96. The van der Waals surface area contributed by atoms with Gasteiger partial charge in [0.2, 0.25) is 0 Å². The molecule has 3 nitrogen and oxygen atoms in total. The van der Waals surface area contributed by atoms with Crippen LogP contribution in [0.1, 0.15) is 20.8 Å². The number of ketones is 1. The quantitative estimate of drug-likeness (QED) is 0.576. The number of allylic oxidation sites excluding steroid dienone is 1. The van der Waals surface area contributed by atoms with Gasteiger partial charge in [-0.2, -0.15) is 0 Å². The first-order valence-corrected chi connectivity index (χ1v) is 3.57. The lowest BCUT2D eigenvalue weighted by Gasteiger charge is -2.07. The summed E-state index contributed by atoms with van der Waals surface area (Å²) in [4.78, 5) is 11.2. The zero-order valence-electron chi connectivity index (χ0n) is 7.22. The smallest absolute Gasteiger partial charge is 0.177 e. The highest BCUT2D eigenvalue weighted by atomic mass is 16.3. The van der Waals surface area contributed by atoms with E-state index in [4.69, 9.17) is 10.8 Å². The number of aliphatic hydroxyl groups is 1. The number of aliphatic hydroxyl groups excluding tert-OH is 1. The summed E-state index contributed by atoms with van der Waals surface area (Å²) in [5.41, 5.74) is 6.61. The number of rotatable bonds is 3. The first kappa shape index (κ1) is 10.3. The third-order valence-electron chi connectivity index (χ3n) is 1.47. The highest BCUT2D eigenvalue weighted by Gasteiger charge is 2.13. The largest absolute Gasteiger partial charge is 0.392 e. The third-order valence-corrected chi connectivity index (χ3v) is 1.47. The minimum atomic E-state index is -0.521. The Hall–Kier alpha value is -0.670. The van der Waals surface area contributed by atoms with E-state index in [9.17, 15) is 4.79 Å². The van der Waals surface area contributed by atoms with E-state index in [1.807, 2.05) is 0 Å². The summed E-state index contributed by atoms with van der Waals surface area (Å²) in [6.07, 6.45) is 0. The highest BCUT2D eigenvalue weighted by molar-refractivity contribution is 5.99. The molecule has 0 aliphatic heterocycles. The summed E-state index contributed by atoms with van der Waals surface area (Å²) < 4.78 is 0. The van der Waals surface area contributed by atoms with E-state index < -0.39 is 6.04 Å². The number of hydrogen-bond acceptors (Lipinski definition) is 3. The molecule has 11 heavy (non-hydrogen) atoms. The van der Waals surface area contributed by atoms with Gasteiger partial charge in [0.1, 0.15) is 0 Å². The van der Waals surface area contributed by atoms with Gasteiger partial charge < -0.3 is 10.8 Å². The average Bonchev–Trinajstić information content (AvgIpc) is 1.88. The van der Waals surface area contributed by atoms with Crippen LogP contribution in [0.15, 0.2) is 11.1 Å². The summed E-state index contributed by atoms with van der Waals surface area (Å²) in [6, 6.07) is -0.521. The minimum Gasteiger partial charge on any atom is -0.392 e. The molecule has 0 aliphatic carbocycles. The van der Waals surface area contributed by atoms with Gasteiger partial charge in [-0.15, -0.1) is 0 Å². The Bertz CT molecular complexity index is 179. The SMILES string of the molecule is CC(C)=C(CO)C(=O)C(C)N. The second kappa shape index (κ2) is 4.26. The van der Waals surface area contributed by atoms with Crippen LogP contribution in [0.2, 0.25) is 0 Å². The van der Waals surface area contributed by atoms with Crippen LogP contribution in [0.5, 0.6) is 0 Å². The van der Waals surface area contributed by atoms with E-state index in [-0.39, 0.29) is 12.4 Å². The third kappa shape index (κ3) is 2.82. The van der Waals surface area contributed by atoms with Crippen molar-refractivity contribution < 1.29 is 9.90 Å². The van der Waals surface area contributed by atoms with Crippen molar-refractivity contribution in [3.63, 3.8) is 0 Å². The van der Waals surface area contributed by atoms with Crippen molar-refractivity contribution in [2.45, 2.75) is 26.8 Å². The molecular formula is C8H15NO2. The second-order valence-electron chi connectivity index (χ2n) is 2.79. The molecule has 0 saturated carbocycles. The van der Waals surface area contributed by atoms with E-state index in [0.29, 0.717) is 5.57 Å². The van der Waals surface area contributed by atoms with Crippen LogP contribution in [-0.2, 0) is 4.79 Å². The van der Waals surface area contributed by atoms with Crippen molar-refractivity contribution in [3.05, 3.63) is 11.1 Å². The second-order valence-corrected chi connectivity index (χ2v) is 2.79. The fraction of sp³-hybridized carbons (Fsp3) is 0.625. The molecule has 3 heteroatoms. The molecule has 0 aromatic rings. The monoisotopic (exact) mass is 157 g/mol. The molecule has 0 heterocycles. The summed E-state index contributed by atoms with van der Waals surface area (Å²) in [7, 11) is 0. The van der Waals surface area contributed by atoms with Crippen LogP contribution in [0.25, 0.3) is 0 Å². The Morgan fingerprint density at radius 1 is 1.55 bits per heavy atom. The van der Waals surface area contributed by atoms with Crippen molar-refractivity contribution in [3.8, 4) is 0 Å². The Balaban J connectivity index is 4.55. The predicted molar refractivity (Wildman–Crippen MR) is 44.1 cm³/mol. The lowest BCUT2D eigenvalue weighted by Crippen LogP contribution is -2.29. The fourth-order valence-electron chi connectivity index (χ4n) is 0.757. The highest BCUT2D eigenvalue weighted by Crippen LogP contribution is 2.04. The van der Waals surface area contributed by atoms with Crippen molar-refractivity contribution in [1.82, 2.24) is 0 Å². The van der Waals surface area contributed by atoms with E-state index in [1.54, 1.807) is 20.8 Å². The summed E-state index contributed by atoms with van der Waals surface area (Å²) in [5, 5.41) is 8.78. The van der Waals surface area contributed by atoms with Gasteiger partial charge in [-0.3, -0.25) is 4.79 Å². The summed E-state index contributed by atoms with van der Waals surface area (Å²) in [5.74, 6) is -0.174. The molecule has 0 amide bonds. The molecule has 1 unspecified atom stereocenters. The van der Waals surface area contributed by atoms with Crippen molar-refractivity contribution in [2.24, 2.45) is 5.73 Å².